The van der Waals surface area contributed by atoms with Gasteiger partial charge >= 0.3 is 0 Å². The van der Waals surface area contributed by atoms with E-state index in [4.69, 9.17) is 0 Å². The third kappa shape index (κ3) is 2.96. The van der Waals surface area contributed by atoms with Crippen molar-refractivity contribution in [3.05, 3.63) is 0 Å². The highest BCUT2D eigenvalue weighted by molar-refractivity contribution is 8.18. The van der Waals surface area contributed by atoms with Gasteiger partial charge < -0.3 is 5.11 Å². The van der Waals surface area contributed by atoms with Gasteiger partial charge in [0.15, 0.2) is 0 Å². The summed E-state index contributed by atoms with van der Waals surface area (Å²) in [7, 11) is 0. The lowest BCUT2D eigenvalue weighted by Gasteiger charge is -2.35. The molecule has 0 bridgehead atoms. The van der Waals surface area contributed by atoms with E-state index in [1.807, 2.05) is 23.5 Å². The number of Topliss-reactive ketones (excluding diaryl/α,β-unsaturated/α-hetero) is 1. The fraction of sp³-hybridized carbons (Fsp3) is 0.917. The molecule has 1 N–H and O–H groups in total. The molecule has 16 heavy (non-hydrogen) atoms. The smallest absolute Gasteiger partial charge is 0.138 e. The predicted octanol–water partition coefficient (Wildman–Crippen LogP) is 2.69. The molecule has 0 amide bonds. The molecule has 1 aliphatic carbocycles. The Hall–Kier alpha value is 0.330. The van der Waals surface area contributed by atoms with Crippen molar-refractivity contribution in [1.29, 1.82) is 0 Å². The number of carbonyl (C=O) groups excluding carboxylic acids is 1. The predicted molar refractivity (Wildman–Crippen MR) is 70.9 cm³/mol. The van der Waals surface area contributed by atoms with E-state index in [1.165, 1.54) is 17.9 Å². The van der Waals surface area contributed by atoms with Crippen LogP contribution in [0.2, 0.25) is 0 Å². The third-order valence-electron chi connectivity index (χ3n) is 3.50. The number of hydrogen-bond acceptors (Lipinski definition) is 4. The summed E-state index contributed by atoms with van der Waals surface area (Å²) in [6.07, 6.45) is 4.15. The third-order valence-corrected chi connectivity index (χ3v) is 6.75. The Morgan fingerprint density at radius 3 is 2.69 bits per heavy atom. The van der Waals surface area contributed by atoms with Gasteiger partial charge in [0, 0.05) is 12.3 Å². The van der Waals surface area contributed by atoms with Crippen LogP contribution in [0.15, 0.2) is 0 Å². The van der Waals surface area contributed by atoms with Crippen molar-refractivity contribution < 1.29 is 9.90 Å². The number of aliphatic hydroxyl groups excluding tert-OH is 1. The standard InChI is InChI=1S/C12H20O2S2/c1-12(15-6-3-7-16-12)8-11(14)9-4-2-5-10(9)13/h9,11,14H,2-8H2,1H3/t9?,11-/m1/s1. The zero-order valence-corrected chi connectivity index (χ0v) is 11.4. The zero-order valence-electron chi connectivity index (χ0n) is 9.78. The highest BCUT2D eigenvalue weighted by Crippen LogP contribution is 2.46. The van der Waals surface area contributed by atoms with Crippen LogP contribution < -0.4 is 0 Å². The average molecular weight is 260 g/mol. The van der Waals surface area contributed by atoms with Crippen LogP contribution in [0.1, 0.15) is 39.0 Å². The molecule has 1 unspecified atom stereocenters. The molecule has 2 rings (SSSR count). The summed E-state index contributed by atoms with van der Waals surface area (Å²) in [6, 6.07) is 0. The first kappa shape index (κ1) is 12.8. The van der Waals surface area contributed by atoms with Gasteiger partial charge in [-0.25, -0.2) is 0 Å². The lowest BCUT2D eigenvalue weighted by Crippen LogP contribution is -2.33. The quantitative estimate of drug-likeness (QED) is 0.846. The first-order valence-corrected chi connectivity index (χ1v) is 8.06. The maximum absolute atomic E-state index is 11.6. The van der Waals surface area contributed by atoms with Crippen molar-refractivity contribution in [1.82, 2.24) is 0 Å². The normalized spacial score (nSPS) is 31.6. The van der Waals surface area contributed by atoms with Gasteiger partial charge in [0.25, 0.3) is 0 Å². The number of thioether (sulfide) groups is 2. The molecule has 2 fully saturated rings. The molecule has 1 saturated heterocycles. The number of ketones is 1. The van der Waals surface area contributed by atoms with Crippen LogP contribution in [-0.2, 0) is 4.79 Å². The van der Waals surface area contributed by atoms with E-state index < -0.39 is 6.10 Å². The number of hydrogen-bond donors (Lipinski definition) is 1. The summed E-state index contributed by atoms with van der Waals surface area (Å²) in [4.78, 5) is 11.6. The maximum atomic E-state index is 11.6. The van der Waals surface area contributed by atoms with Crippen molar-refractivity contribution in [2.24, 2.45) is 5.92 Å². The summed E-state index contributed by atoms with van der Waals surface area (Å²) in [5, 5.41) is 10.2. The second kappa shape index (κ2) is 5.32. The first-order valence-electron chi connectivity index (χ1n) is 6.09. The Morgan fingerprint density at radius 1 is 1.44 bits per heavy atom. The highest BCUT2D eigenvalue weighted by atomic mass is 32.2. The molecule has 2 aliphatic rings. The van der Waals surface area contributed by atoms with Gasteiger partial charge in [0.2, 0.25) is 0 Å². The van der Waals surface area contributed by atoms with Crippen LogP contribution in [0, 0.1) is 5.92 Å². The van der Waals surface area contributed by atoms with Crippen molar-refractivity contribution in [2.45, 2.75) is 49.2 Å². The zero-order chi connectivity index (χ0) is 11.6. The molecule has 2 atom stereocenters. The van der Waals surface area contributed by atoms with Gasteiger partial charge in [0.05, 0.1) is 10.2 Å². The summed E-state index contributed by atoms with van der Waals surface area (Å²) in [5.74, 6) is 2.59. The minimum Gasteiger partial charge on any atom is -0.392 e. The molecule has 0 aromatic carbocycles. The van der Waals surface area contributed by atoms with Crippen molar-refractivity contribution in [3.8, 4) is 0 Å². The van der Waals surface area contributed by atoms with Crippen LogP contribution in [-0.4, -0.2) is 32.6 Å². The maximum Gasteiger partial charge on any atom is 0.138 e. The second-order valence-electron chi connectivity index (χ2n) is 4.92. The second-order valence-corrected chi connectivity index (χ2v) is 8.38. The summed E-state index contributed by atoms with van der Waals surface area (Å²) >= 11 is 3.89. The Bertz CT molecular complexity index is 262. The van der Waals surface area contributed by atoms with Crippen LogP contribution in [0.5, 0.6) is 0 Å². The van der Waals surface area contributed by atoms with E-state index in [0.29, 0.717) is 6.42 Å². The SMILES string of the molecule is CC1(C[C@@H](O)C2CCCC2=O)SCCCS1. The Balaban J connectivity index is 1.90. The van der Waals surface area contributed by atoms with Gasteiger partial charge in [-0.2, -0.15) is 0 Å². The van der Waals surface area contributed by atoms with Crippen LogP contribution in [0.3, 0.4) is 0 Å². The van der Waals surface area contributed by atoms with E-state index in [2.05, 4.69) is 6.92 Å². The highest BCUT2D eigenvalue weighted by Gasteiger charge is 2.37. The van der Waals surface area contributed by atoms with Gasteiger partial charge in [-0.1, -0.05) is 0 Å². The lowest BCUT2D eigenvalue weighted by molar-refractivity contribution is -0.123. The van der Waals surface area contributed by atoms with Gasteiger partial charge in [0.1, 0.15) is 5.78 Å². The summed E-state index contributed by atoms with van der Waals surface area (Å²) < 4.78 is 0.126. The molecule has 0 aromatic heterocycles. The Kier molecular flexibility index (Phi) is 4.25. The first-order chi connectivity index (χ1) is 7.61. The number of carbonyl (C=O) groups is 1. The van der Waals surface area contributed by atoms with Crippen molar-refractivity contribution in [2.75, 3.05) is 11.5 Å². The molecule has 0 radical (unpaired) electrons. The fourth-order valence-corrected chi connectivity index (χ4v) is 5.60. The largest absolute Gasteiger partial charge is 0.392 e. The lowest BCUT2D eigenvalue weighted by atomic mass is 9.96. The van der Waals surface area contributed by atoms with Crippen LogP contribution in [0.4, 0.5) is 0 Å². The molecule has 92 valence electrons. The Labute approximate surface area is 106 Å². The van der Waals surface area contributed by atoms with E-state index >= 15 is 0 Å². The average Bonchev–Trinajstić information content (AvgIpc) is 2.65. The van der Waals surface area contributed by atoms with E-state index in [1.54, 1.807) is 0 Å². The molecule has 1 aliphatic heterocycles. The van der Waals surface area contributed by atoms with E-state index in [0.717, 1.165) is 19.3 Å². The number of rotatable bonds is 3. The monoisotopic (exact) mass is 260 g/mol. The molecule has 1 heterocycles. The number of aliphatic hydroxyl groups is 1. The molecule has 0 spiro atoms. The van der Waals surface area contributed by atoms with Gasteiger partial charge in [-0.05, 0) is 44.1 Å². The molecule has 2 nitrogen and oxygen atoms in total. The minimum atomic E-state index is -0.418. The van der Waals surface area contributed by atoms with E-state index in [9.17, 15) is 9.90 Å². The van der Waals surface area contributed by atoms with E-state index in [-0.39, 0.29) is 15.8 Å². The summed E-state index contributed by atoms with van der Waals surface area (Å²) in [6.45, 7) is 2.21. The molecule has 1 saturated carbocycles. The fourth-order valence-electron chi connectivity index (χ4n) is 2.57. The Morgan fingerprint density at radius 2 is 2.12 bits per heavy atom. The van der Waals surface area contributed by atoms with Gasteiger partial charge in [-0.3, -0.25) is 4.79 Å². The van der Waals surface area contributed by atoms with Gasteiger partial charge in [-0.15, -0.1) is 23.5 Å². The molecular formula is C12H20O2S2. The molecule has 0 aromatic rings. The van der Waals surface area contributed by atoms with Crippen molar-refractivity contribution in [3.63, 3.8) is 0 Å². The van der Waals surface area contributed by atoms with Crippen molar-refractivity contribution >= 4 is 29.3 Å². The van der Waals surface area contributed by atoms with Crippen LogP contribution in [0.25, 0.3) is 0 Å². The molecular weight excluding hydrogens is 240 g/mol. The topological polar surface area (TPSA) is 37.3 Å². The summed E-state index contributed by atoms with van der Waals surface area (Å²) in [5.41, 5.74) is 0. The van der Waals surface area contributed by atoms with Crippen LogP contribution >= 0.6 is 23.5 Å². The minimum absolute atomic E-state index is 0.0695. The molecule has 4 heteroatoms.